The molecular formula is C22H18BClF3N5O2S. The number of aromatic nitrogens is 3. The zero-order valence-corrected chi connectivity index (χ0v) is 19.6. The van der Waals surface area contributed by atoms with Crippen LogP contribution in [0.25, 0.3) is 16.9 Å². The van der Waals surface area contributed by atoms with E-state index in [0.29, 0.717) is 33.2 Å². The Bertz CT molecular complexity index is 1480. The van der Waals surface area contributed by atoms with Gasteiger partial charge >= 0.3 is 6.18 Å². The van der Waals surface area contributed by atoms with E-state index < -0.39 is 26.7 Å². The van der Waals surface area contributed by atoms with Crippen LogP contribution in [0.2, 0.25) is 5.02 Å². The van der Waals surface area contributed by atoms with E-state index in [2.05, 4.69) is 20.1 Å². The van der Waals surface area contributed by atoms with E-state index in [9.17, 15) is 21.6 Å². The van der Waals surface area contributed by atoms with Crippen LogP contribution in [0.15, 0.2) is 65.7 Å². The van der Waals surface area contributed by atoms with Crippen LogP contribution < -0.4 is 15.5 Å². The molecule has 0 aliphatic rings. The van der Waals surface area contributed by atoms with Gasteiger partial charge in [-0.2, -0.15) is 22.8 Å². The zero-order valence-electron chi connectivity index (χ0n) is 18.1. The zero-order chi connectivity index (χ0) is 25.2. The highest BCUT2D eigenvalue weighted by molar-refractivity contribution is 7.89. The molecule has 4 aromatic rings. The van der Waals surface area contributed by atoms with Gasteiger partial charge in [0.05, 0.1) is 16.2 Å². The summed E-state index contributed by atoms with van der Waals surface area (Å²) in [5.74, 6) is 0.534. The Labute approximate surface area is 205 Å². The standard InChI is InChI=1S/C22H18BClF3N5O2S/c23-16-13-29-32-20(12-18(31-21(16)32)14-6-1-3-8-17(14)24)28-10-5-11-30-35(33,34)19-9-4-2-7-15(19)22(25,26)27/h1-4,6-9,12-13,28,30H,5,10-11H2. The summed E-state index contributed by atoms with van der Waals surface area (Å²) < 4.78 is 68.2. The summed E-state index contributed by atoms with van der Waals surface area (Å²) in [4.78, 5) is 3.72. The Morgan fingerprint density at radius 1 is 1.06 bits per heavy atom. The topological polar surface area (TPSA) is 88.4 Å². The summed E-state index contributed by atoms with van der Waals surface area (Å²) in [5, 5.41) is 7.84. The second-order valence-electron chi connectivity index (χ2n) is 7.51. The normalized spacial score (nSPS) is 12.2. The van der Waals surface area contributed by atoms with Crippen LogP contribution in [0, 0.1) is 0 Å². The van der Waals surface area contributed by atoms with Gasteiger partial charge in [-0.15, -0.1) is 0 Å². The molecule has 2 N–H and O–H groups in total. The molecular weight excluding hydrogens is 502 g/mol. The molecule has 13 heteroatoms. The van der Waals surface area contributed by atoms with Crippen molar-refractivity contribution < 1.29 is 21.6 Å². The summed E-state index contributed by atoms with van der Waals surface area (Å²) >= 11 is 6.30. The third-order valence-electron chi connectivity index (χ3n) is 5.08. The number of hydrogen-bond donors (Lipinski definition) is 2. The Kier molecular flexibility index (Phi) is 7.06. The first kappa shape index (κ1) is 25.0. The lowest BCUT2D eigenvalue weighted by atomic mass is 10.0. The predicted octanol–water partition coefficient (Wildman–Crippen LogP) is 3.64. The van der Waals surface area contributed by atoms with Crippen LogP contribution in [0.3, 0.4) is 0 Å². The van der Waals surface area contributed by atoms with Gasteiger partial charge in [0.25, 0.3) is 0 Å². The lowest BCUT2D eigenvalue weighted by Gasteiger charge is -2.14. The van der Waals surface area contributed by atoms with Crippen LogP contribution in [-0.2, 0) is 16.2 Å². The molecule has 0 atom stereocenters. The van der Waals surface area contributed by atoms with E-state index in [1.807, 2.05) is 12.1 Å². The number of hydrogen-bond acceptors (Lipinski definition) is 5. The average molecular weight is 520 g/mol. The van der Waals surface area contributed by atoms with Gasteiger partial charge < -0.3 is 5.32 Å². The lowest BCUT2D eigenvalue weighted by Crippen LogP contribution is -2.28. The molecule has 7 nitrogen and oxygen atoms in total. The molecule has 4 rings (SSSR count). The van der Waals surface area contributed by atoms with Gasteiger partial charge in [0.2, 0.25) is 10.0 Å². The maximum Gasteiger partial charge on any atom is 0.417 e. The van der Waals surface area contributed by atoms with Crippen LogP contribution in [0.5, 0.6) is 0 Å². The monoisotopic (exact) mass is 519 g/mol. The first-order chi connectivity index (χ1) is 16.6. The van der Waals surface area contributed by atoms with Gasteiger partial charge in [-0.05, 0) is 30.1 Å². The fourth-order valence-electron chi connectivity index (χ4n) is 3.44. The molecule has 0 spiro atoms. The summed E-state index contributed by atoms with van der Waals surface area (Å²) in [6, 6.07) is 12.9. The van der Waals surface area contributed by atoms with Gasteiger partial charge in [0, 0.05) is 35.9 Å². The molecule has 2 aromatic carbocycles. The fourth-order valence-corrected chi connectivity index (χ4v) is 4.97. The first-order valence-electron chi connectivity index (χ1n) is 10.4. The van der Waals surface area contributed by atoms with Crippen molar-refractivity contribution >= 4 is 46.4 Å². The number of alkyl halides is 3. The Morgan fingerprint density at radius 3 is 2.51 bits per heavy atom. The van der Waals surface area contributed by atoms with E-state index >= 15 is 0 Å². The minimum absolute atomic E-state index is 0.0889. The van der Waals surface area contributed by atoms with Crippen LogP contribution in [0.4, 0.5) is 19.0 Å². The second-order valence-corrected chi connectivity index (χ2v) is 9.66. The molecule has 0 saturated carbocycles. The van der Waals surface area contributed by atoms with Crippen molar-refractivity contribution in [1.82, 2.24) is 19.3 Å². The number of fused-ring (bicyclic) bond motifs is 1. The largest absolute Gasteiger partial charge is 0.417 e. The van der Waals surface area contributed by atoms with Crippen LogP contribution >= 0.6 is 11.6 Å². The molecule has 0 aliphatic carbocycles. The highest BCUT2D eigenvalue weighted by atomic mass is 35.5. The number of nitrogens with zero attached hydrogens (tertiary/aromatic N) is 3. The van der Waals surface area contributed by atoms with Crippen LogP contribution in [0.1, 0.15) is 12.0 Å². The molecule has 180 valence electrons. The van der Waals surface area contributed by atoms with Gasteiger partial charge in [-0.3, -0.25) is 0 Å². The molecule has 2 heterocycles. The minimum Gasteiger partial charge on any atom is -0.370 e. The number of nitrogens with one attached hydrogen (secondary N) is 2. The summed E-state index contributed by atoms with van der Waals surface area (Å²) in [5.41, 5.74) is 0.805. The van der Waals surface area contributed by atoms with E-state index in [0.717, 1.165) is 18.2 Å². The predicted molar refractivity (Wildman–Crippen MR) is 129 cm³/mol. The van der Waals surface area contributed by atoms with Crippen molar-refractivity contribution in [2.45, 2.75) is 17.5 Å². The SMILES string of the molecule is [B]c1cnn2c(NCCCNS(=O)(=O)c3ccccc3C(F)(F)F)cc(-c3ccccc3Cl)nc12. The van der Waals surface area contributed by atoms with Crippen molar-refractivity contribution in [3.8, 4) is 11.3 Å². The lowest BCUT2D eigenvalue weighted by molar-refractivity contribution is -0.139. The highest BCUT2D eigenvalue weighted by Gasteiger charge is 2.36. The third-order valence-corrected chi connectivity index (χ3v) is 6.93. The number of halogens is 4. The van der Waals surface area contributed by atoms with Crippen molar-refractivity contribution in [2.75, 3.05) is 18.4 Å². The van der Waals surface area contributed by atoms with Crippen molar-refractivity contribution in [2.24, 2.45) is 0 Å². The van der Waals surface area contributed by atoms with Crippen LogP contribution in [-0.4, -0.2) is 44.0 Å². The number of benzene rings is 2. The van der Waals surface area contributed by atoms with Gasteiger partial charge in [0.15, 0.2) is 5.65 Å². The molecule has 0 unspecified atom stereocenters. The number of rotatable bonds is 8. The van der Waals surface area contributed by atoms with E-state index in [-0.39, 0.29) is 19.5 Å². The van der Waals surface area contributed by atoms with E-state index in [1.165, 1.54) is 16.8 Å². The molecule has 35 heavy (non-hydrogen) atoms. The Balaban J connectivity index is 1.46. The van der Waals surface area contributed by atoms with Gasteiger partial charge in [0.1, 0.15) is 13.7 Å². The first-order valence-corrected chi connectivity index (χ1v) is 12.2. The Hall–Kier alpha value is -3.09. The fraction of sp³-hybridized carbons (Fsp3) is 0.182. The summed E-state index contributed by atoms with van der Waals surface area (Å²) in [6.45, 7) is 0.193. The average Bonchev–Trinajstić information content (AvgIpc) is 3.19. The van der Waals surface area contributed by atoms with Gasteiger partial charge in [-0.1, -0.05) is 41.9 Å². The molecule has 0 bridgehead atoms. The molecule has 0 amide bonds. The van der Waals surface area contributed by atoms with Gasteiger partial charge in [-0.25, -0.2) is 18.1 Å². The maximum absolute atomic E-state index is 13.2. The minimum atomic E-state index is -4.79. The van der Waals surface area contributed by atoms with Crippen molar-refractivity contribution in [3.05, 3.63) is 71.4 Å². The summed E-state index contributed by atoms with van der Waals surface area (Å²) in [6.07, 6.45) is -3.06. The quantitative estimate of drug-likeness (QED) is 0.274. The van der Waals surface area contributed by atoms with Crippen molar-refractivity contribution in [3.63, 3.8) is 0 Å². The second kappa shape index (κ2) is 9.88. The molecule has 2 aromatic heterocycles. The number of anilines is 1. The molecule has 2 radical (unpaired) electrons. The van der Waals surface area contributed by atoms with Crippen molar-refractivity contribution in [1.29, 1.82) is 0 Å². The highest BCUT2D eigenvalue weighted by Crippen LogP contribution is 2.34. The smallest absolute Gasteiger partial charge is 0.370 e. The number of sulfonamides is 1. The van der Waals surface area contributed by atoms with E-state index in [4.69, 9.17) is 19.4 Å². The molecule has 0 fully saturated rings. The molecule has 0 aliphatic heterocycles. The van der Waals surface area contributed by atoms with E-state index in [1.54, 1.807) is 18.2 Å². The maximum atomic E-state index is 13.2. The Morgan fingerprint density at radius 2 is 1.77 bits per heavy atom. The molecule has 0 saturated heterocycles. The summed E-state index contributed by atoms with van der Waals surface area (Å²) in [7, 11) is 1.63. The third kappa shape index (κ3) is 5.44.